The highest BCUT2D eigenvalue weighted by molar-refractivity contribution is 7.99. The van der Waals surface area contributed by atoms with E-state index < -0.39 is 5.54 Å². The van der Waals surface area contributed by atoms with E-state index in [2.05, 4.69) is 28.5 Å². The Kier molecular flexibility index (Phi) is 6.28. The molecular weight excluding hydrogens is 412 g/mol. The molecular formula is C22H26N6O2S. The number of unbranched alkanes of at least 4 members (excludes halogenated alkanes) is 1. The number of aromatic nitrogens is 4. The molecule has 1 N–H and O–H groups in total. The molecule has 1 fully saturated rings. The summed E-state index contributed by atoms with van der Waals surface area (Å²) in [5.74, 6) is 0.432. The molecule has 1 aliphatic rings. The third-order valence-corrected chi connectivity index (χ3v) is 6.77. The molecule has 0 aliphatic heterocycles. The average Bonchev–Trinajstić information content (AvgIpc) is 3.22. The van der Waals surface area contributed by atoms with Crippen LogP contribution in [-0.4, -0.2) is 36.4 Å². The fraction of sp³-hybridized carbons (Fsp3) is 0.500. The number of nitrogens with one attached hydrogen (secondary N) is 1. The van der Waals surface area contributed by atoms with Crippen LogP contribution in [0.1, 0.15) is 51.9 Å². The first-order chi connectivity index (χ1) is 15.1. The highest BCUT2D eigenvalue weighted by Crippen LogP contribution is 2.28. The van der Waals surface area contributed by atoms with Gasteiger partial charge in [0.05, 0.1) is 22.7 Å². The number of amides is 1. The van der Waals surface area contributed by atoms with Crippen LogP contribution >= 0.6 is 11.8 Å². The fourth-order valence-electron chi connectivity index (χ4n) is 4.20. The Bertz CT molecular complexity index is 1200. The second-order valence-electron chi connectivity index (χ2n) is 8.04. The number of rotatable bonds is 7. The lowest BCUT2D eigenvalue weighted by molar-refractivity contribution is -0.120. The smallest absolute Gasteiger partial charge is 0.262 e. The standard InChI is InChI=1S/C22H26N6O2S/c1-2-3-13-27-19(30)16-9-5-6-10-17(16)28-20(27)25-26-21(28)31-14-18(29)24-22(15-23)11-7-4-8-12-22/h5-6,9-10H,2-4,7-8,11-14H2,1H3,(H,24,29). The highest BCUT2D eigenvalue weighted by atomic mass is 32.2. The van der Waals surface area contributed by atoms with Gasteiger partial charge in [0.15, 0.2) is 5.16 Å². The summed E-state index contributed by atoms with van der Waals surface area (Å²) < 4.78 is 3.51. The van der Waals surface area contributed by atoms with Gasteiger partial charge >= 0.3 is 0 Å². The molecule has 2 heterocycles. The van der Waals surface area contributed by atoms with Gasteiger partial charge in [-0.05, 0) is 31.4 Å². The van der Waals surface area contributed by atoms with Gasteiger partial charge < -0.3 is 5.32 Å². The maximum absolute atomic E-state index is 13.0. The summed E-state index contributed by atoms with van der Waals surface area (Å²) in [7, 11) is 0. The molecule has 8 nitrogen and oxygen atoms in total. The van der Waals surface area contributed by atoms with Crippen LogP contribution in [0, 0.1) is 11.3 Å². The van der Waals surface area contributed by atoms with E-state index >= 15 is 0 Å². The summed E-state index contributed by atoms with van der Waals surface area (Å²) in [6, 6.07) is 9.71. The molecule has 4 rings (SSSR count). The number of nitriles is 1. The van der Waals surface area contributed by atoms with Crippen LogP contribution in [0.3, 0.4) is 0 Å². The molecule has 2 aromatic heterocycles. The van der Waals surface area contributed by atoms with E-state index in [-0.39, 0.29) is 17.2 Å². The van der Waals surface area contributed by atoms with Crippen molar-refractivity contribution in [2.24, 2.45) is 0 Å². The molecule has 9 heteroatoms. The summed E-state index contributed by atoms with van der Waals surface area (Å²) in [5.41, 5.74) is -0.105. The van der Waals surface area contributed by atoms with Crippen molar-refractivity contribution in [2.75, 3.05) is 5.75 Å². The second kappa shape index (κ2) is 9.10. The fourth-order valence-corrected chi connectivity index (χ4v) is 4.94. The van der Waals surface area contributed by atoms with Crippen LogP contribution in [0.2, 0.25) is 0 Å². The van der Waals surface area contributed by atoms with Crippen molar-refractivity contribution >= 4 is 34.3 Å². The monoisotopic (exact) mass is 438 g/mol. The molecule has 0 unspecified atom stereocenters. The lowest BCUT2D eigenvalue weighted by Gasteiger charge is -2.31. The van der Waals surface area contributed by atoms with E-state index in [1.807, 2.05) is 22.6 Å². The summed E-state index contributed by atoms with van der Waals surface area (Å²) in [5, 5.41) is 22.3. The minimum Gasteiger partial charge on any atom is -0.337 e. The lowest BCUT2D eigenvalue weighted by atomic mass is 9.83. The molecule has 1 aromatic carbocycles. The third kappa shape index (κ3) is 4.17. The minimum atomic E-state index is -0.754. The van der Waals surface area contributed by atoms with Gasteiger partial charge in [0.25, 0.3) is 5.56 Å². The Morgan fingerprint density at radius 2 is 2.03 bits per heavy atom. The normalized spacial score (nSPS) is 15.7. The van der Waals surface area contributed by atoms with Crippen LogP contribution in [0.25, 0.3) is 16.7 Å². The molecule has 1 saturated carbocycles. The number of hydrogen-bond acceptors (Lipinski definition) is 6. The Morgan fingerprint density at radius 3 is 2.77 bits per heavy atom. The molecule has 0 atom stereocenters. The molecule has 0 spiro atoms. The molecule has 162 valence electrons. The number of para-hydroxylation sites is 1. The van der Waals surface area contributed by atoms with E-state index in [1.165, 1.54) is 11.8 Å². The first-order valence-corrected chi connectivity index (χ1v) is 11.8. The summed E-state index contributed by atoms with van der Waals surface area (Å²) >= 11 is 1.27. The zero-order valence-corrected chi connectivity index (χ0v) is 18.5. The van der Waals surface area contributed by atoms with Gasteiger partial charge in [-0.3, -0.25) is 18.6 Å². The van der Waals surface area contributed by atoms with Gasteiger partial charge in [-0.15, -0.1) is 10.2 Å². The second-order valence-corrected chi connectivity index (χ2v) is 8.98. The molecule has 0 radical (unpaired) electrons. The predicted octanol–water partition coefficient (Wildman–Crippen LogP) is 3.28. The maximum Gasteiger partial charge on any atom is 0.262 e. The number of benzene rings is 1. The minimum absolute atomic E-state index is 0.0773. The Morgan fingerprint density at radius 1 is 1.26 bits per heavy atom. The zero-order chi connectivity index (χ0) is 21.8. The molecule has 0 saturated heterocycles. The van der Waals surface area contributed by atoms with Crippen LogP contribution in [0.15, 0.2) is 34.2 Å². The predicted molar refractivity (Wildman–Crippen MR) is 120 cm³/mol. The van der Waals surface area contributed by atoms with E-state index in [0.717, 1.165) is 37.6 Å². The van der Waals surface area contributed by atoms with Crippen molar-refractivity contribution in [1.29, 1.82) is 5.26 Å². The van der Waals surface area contributed by atoms with Crippen molar-refractivity contribution in [3.8, 4) is 6.07 Å². The van der Waals surface area contributed by atoms with Crippen LogP contribution in [0.4, 0.5) is 0 Å². The van der Waals surface area contributed by atoms with E-state index in [0.29, 0.717) is 35.7 Å². The molecule has 1 amide bonds. The first-order valence-electron chi connectivity index (χ1n) is 10.8. The van der Waals surface area contributed by atoms with Crippen molar-refractivity contribution in [3.63, 3.8) is 0 Å². The molecule has 31 heavy (non-hydrogen) atoms. The zero-order valence-electron chi connectivity index (χ0n) is 17.6. The lowest BCUT2D eigenvalue weighted by Crippen LogP contribution is -2.49. The number of nitrogens with zero attached hydrogens (tertiary/aromatic N) is 5. The van der Waals surface area contributed by atoms with E-state index in [4.69, 9.17) is 0 Å². The molecule has 3 aromatic rings. The van der Waals surface area contributed by atoms with Crippen molar-refractivity contribution in [1.82, 2.24) is 24.5 Å². The quantitative estimate of drug-likeness (QED) is 0.568. The van der Waals surface area contributed by atoms with Gasteiger partial charge in [0.2, 0.25) is 11.7 Å². The van der Waals surface area contributed by atoms with E-state index in [9.17, 15) is 14.9 Å². The maximum atomic E-state index is 13.0. The number of hydrogen-bond donors (Lipinski definition) is 1. The summed E-state index contributed by atoms with van der Waals surface area (Å²) in [6.45, 7) is 2.64. The van der Waals surface area contributed by atoms with Crippen LogP contribution in [0.5, 0.6) is 0 Å². The number of carbonyl (C=O) groups is 1. The molecule has 1 aliphatic carbocycles. The number of fused-ring (bicyclic) bond motifs is 3. The van der Waals surface area contributed by atoms with Crippen LogP contribution in [-0.2, 0) is 11.3 Å². The Hall–Kier alpha value is -2.86. The van der Waals surface area contributed by atoms with Gasteiger partial charge in [-0.1, -0.05) is 56.5 Å². The van der Waals surface area contributed by atoms with E-state index in [1.54, 1.807) is 10.6 Å². The number of carbonyl (C=O) groups excluding carboxylic acids is 1. The largest absolute Gasteiger partial charge is 0.337 e. The van der Waals surface area contributed by atoms with Crippen LogP contribution < -0.4 is 10.9 Å². The van der Waals surface area contributed by atoms with Gasteiger partial charge in [0.1, 0.15) is 5.54 Å². The third-order valence-electron chi connectivity index (χ3n) is 5.85. The Balaban J connectivity index is 1.63. The topological polar surface area (TPSA) is 105 Å². The van der Waals surface area contributed by atoms with Crippen molar-refractivity contribution in [2.45, 2.75) is 69.1 Å². The SMILES string of the molecule is CCCCn1c(=O)c2ccccc2n2c(SCC(=O)NC3(C#N)CCCCC3)nnc12. The Labute approximate surface area is 184 Å². The summed E-state index contributed by atoms with van der Waals surface area (Å²) in [6.07, 6.45) is 6.23. The van der Waals surface area contributed by atoms with Crippen molar-refractivity contribution < 1.29 is 4.79 Å². The first kappa shape index (κ1) is 21.4. The van der Waals surface area contributed by atoms with Gasteiger partial charge in [-0.25, -0.2) is 0 Å². The summed E-state index contributed by atoms with van der Waals surface area (Å²) in [4.78, 5) is 25.6. The number of thioether (sulfide) groups is 1. The van der Waals surface area contributed by atoms with Gasteiger partial charge in [-0.2, -0.15) is 5.26 Å². The average molecular weight is 439 g/mol. The van der Waals surface area contributed by atoms with Crippen molar-refractivity contribution in [3.05, 3.63) is 34.6 Å². The van der Waals surface area contributed by atoms with Gasteiger partial charge in [0, 0.05) is 6.54 Å². The molecule has 0 bridgehead atoms. The number of aryl methyl sites for hydroxylation is 1. The highest BCUT2D eigenvalue weighted by Gasteiger charge is 2.33.